The number of nitrogens with zero attached hydrogens (tertiary/aromatic N) is 1. The lowest BCUT2D eigenvalue weighted by atomic mass is 10.1. The Morgan fingerprint density at radius 3 is 2.33 bits per heavy atom. The number of hydrogen-bond donors (Lipinski definition) is 2. The first kappa shape index (κ1) is 17.5. The molecule has 0 saturated carbocycles. The van der Waals surface area contributed by atoms with Crippen molar-refractivity contribution in [3.05, 3.63) is 65.7 Å². The summed E-state index contributed by atoms with van der Waals surface area (Å²) in [6, 6.07) is 17.1. The first-order chi connectivity index (χ1) is 11.6. The molecule has 5 nitrogen and oxygen atoms in total. The number of urea groups is 1. The summed E-state index contributed by atoms with van der Waals surface area (Å²) in [5.41, 5.74) is 2.63. The number of carbonyl (C=O) groups excluding carboxylic acids is 2. The third-order valence-corrected chi connectivity index (χ3v) is 3.65. The molecule has 0 unspecified atom stereocenters. The molecule has 0 radical (unpaired) electrons. The fourth-order valence-electron chi connectivity index (χ4n) is 2.25. The second-order valence-corrected chi connectivity index (χ2v) is 5.74. The minimum Gasteiger partial charge on any atom is -0.349 e. The minimum atomic E-state index is -0.268. The molecule has 0 aliphatic heterocycles. The van der Waals surface area contributed by atoms with E-state index in [0.29, 0.717) is 12.2 Å². The topological polar surface area (TPSA) is 61.4 Å². The van der Waals surface area contributed by atoms with E-state index >= 15 is 0 Å². The van der Waals surface area contributed by atoms with Crippen molar-refractivity contribution in [2.75, 3.05) is 26.0 Å². The molecule has 2 N–H and O–H groups in total. The van der Waals surface area contributed by atoms with Crippen LogP contribution in [0.25, 0.3) is 0 Å². The van der Waals surface area contributed by atoms with Crippen LogP contribution in [0.2, 0.25) is 0 Å². The van der Waals surface area contributed by atoms with Crippen molar-refractivity contribution < 1.29 is 9.59 Å². The molecule has 5 heteroatoms. The maximum absolute atomic E-state index is 12.1. The van der Waals surface area contributed by atoms with E-state index in [4.69, 9.17) is 0 Å². The predicted octanol–water partition coefficient (Wildman–Crippen LogP) is 2.68. The van der Waals surface area contributed by atoms with Crippen LogP contribution >= 0.6 is 0 Å². The lowest BCUT2D eigenvalue weighted by molar-refractivity contribution is -0.127. The normalized spacial score (nSPS) is 10.1. The molecule has 0 heterocycles. The largest absolute Gasteiger partial charge is 0.349 e. The van der Waals surface area contributed by atoms with Gasteiger partial charge < -0.3 is 15.5 Å². The van der Waals surface area contributed by atoms with Crippen LogP contribution < -0.4 is 10.6 Å². The Hall–Kier alpha value is -2.82. The lowest BCUT2D eigenvalue weighted by Crippen LogP contribution is -2.31. The molecule has 0 aliphatic rings. The fourth-order valence-corrected chi connectivity index (χ4v) is 2.25. The van der Waals surface area contributed by atoms with E-state index in [0.717, 1.165) is 12.0 Å². The highest BCUT2D eigenvalue weighted by atomic mass is 16.2. The first-order valence-electron chi connectivity index (χ1n) is 7.93. The van der Waals surface area contributed by atoms with Gasteiger partial charge in [0.25, 0.3) is 0 Å². The van der Waals surface area contributed by atoms with E-state index < -0.39 is 0 Å². The van der Waals surface area contributed by atoms with Gasteiger partial charge in [-0.25, -0.2) is 4.79 Å². The average Bonchev–Trinajstić information content (AvgIpc) is 2.57. The Labute approximate surface area is 142 Å². The van der Waals surface area contributed by atoms with Gasteiger partial charge >= 0.3 is 6.03 Å². The van der Waals surface area contributed by atoms with Crippen LogP contribution in [0.3, 0.4) is 0 Å². The molecule has 0 spiro atoms. The number of hydrogen-bond acceptors (Lipinski definition) is 2. The Morgan fingerprint density at radius 2 is 1.62 bits per heavy atom. The second-order valence-electron chi connectivity index (χ2n) is 5.74. The summed E-state index contributed by atoms with van der Waals surface area (Å²) in [7, 11) is 3.43. The smallest absolute Gasteiger partial charge is 0.319 e. The van der Waals surface area contributed by atoms with Crippen LogP contribution in [0.4, 0.5) is 10.5 Å². The highest BCUT2D eigenvalue weighted by molar-refractivity contribution is 5.91. The number of para-hydroxylation sites is 1. The third kappa shape index (κ3) is 5.43. The number of rotatable bonds is 6. The number of nitrogens with one attached hydrogen (secondary N) is 2. The van der Waals surface area contributed by atoms with Crippen LogP contribution in [-0.4, -0.2) is 37.5 Å². The van der Waals surface area contributed by atoms with Gasteiger partial charge in [-0.05, 0) is 23.6 Å². The number of anilines is 1. The number of amides is 3. The van der Waals surface area contributed by atoms with Crippen LogP contribution in [0, 0.1) is 0 Å². The molecule has 0 bridgehead atoms. The molecule has 0 atom stereocenters. The van der Waals surface area contributed by atoms with Gasteiger partial charge in [0.1, 0.15) is 0 Å². The molecule has 0 fully saturated rings. The summed E-state index contributed by atoms with van der Waals surface area (Å²) in [5, 5.41) is 5.66. The molecule has 0 saturated heterocycles. The molecule has 2 aromatic carbocycles. The van der Waals surface area contributed by atoms with Crippen LogP contribution in [0.15, 0.2) is 54.6 Å². The van der Waals surface area contributed by atoms with Gasteiger partial charge in [0.15, 0.2) is 0 Å². The minimum absolute atomic E-state index is 0.00580. The SMILES string of the molecule is CN(C)C(=O)Cc1ccccc1NC(=O)NCCc1ccccc1. The highest BCUT2D eigenvalue weighted by Gasteiger charge is 2.11. The summed E-state index contributed by atoms with van der Waals surface area (Å²) < 4.78 is 0. The first-order valence-corrected chi connectivity index (χ1v) is 7.93. The fraction of sp³-hybridized carbons (Fsp3) is 0.263. The van der Waals surface area contributed by atoms with Crippen molar-refractivity contribution in [2.24, 2.45) is 0 Å². The zero-order chi connectivity index (χ0) is 17.4. The maximum Gasteiger partial charge on any atom is 0.319 e. The number of likely N-dealkylation sites (N-methyl/N-ethyl adjacent to an activating group) is 1. The molecule has 3 amide bonds. The van der Waals surface area contributed by atoms with E-state index in [1.54, 1.807) is 20.2 Å². The average molecular weight is 325 g/mol. The van der Waals surface area contributed by atoms with Crippen molar-refractivity contribution in [2.45, 2.75) is 12.8 Å². The monoisotopic (exact) mass is 325 g/mol. The summed E-state index contributed by atoms with van der Waals surface area (Å²) in [5.74, 6) is -0.00580. The summed E-state index contributed by atoms with van der Waals surface area (Å²) in [4.78, 5) is 25.5. The van der Waals surface area contributed by atoms with Gasteiger partial charge in [-0.3, -0.25) is 4.79 Å². The van der Waals surface area contributed by atoms with Gasteiger partial charge in [-0.2, -0.15) is 0 Å². The predicted molar refractivity (Wildman–Crippen MR) is 96.0 cm³/mol. The zero-order valence-electron chi connectivity index (χ0n) is 14.1. The van der Waals surface area contributed by atoms with Crippen molar-refractivity contribution in [3.63, 3.8) is 0 Å². The Morgan fingerprint density at radius 1 is 0.958 bits per heavy atom. The van der Waals surface area contributed by atoms with E-state index in [-0.39, 0.29) is 18.4 Å². The Kier molecular flexibility index (Phi) is 6.37. The summed E-state index contributed by atoms with van der Waals surface area (Å²) in [6.45, 7) is 0.550. The van der Waals surface area contributed by atoms with Gasteiger partial charge in [-0.15, -0.1) is 0 Å². The molecular formula is C19H23N3O2. The van der Waals surface area contributed by atoms with E-state index in [1.807, 2.05) is 48.5 Å². The summed E-state index contributed by atoms with van der Waals surface area (Å²) in [6.07, 6.45) is 1.03. The number of benzene rings is 2. The van der Waals surface area contributed by atoms with Gasteiger partial charge in [0.05, 0.1) is 6.42 Å². The Bertz CT molecular complexity index is 684. The van der Waals surface area contributed by atoms with Gasteiger partial charge in [-0.1, -0.05) is 48.5 Å². The molecule has 2 rings (SSSR count). The number of carbonyl (C=O) groups is 2. The van der Waals surface area contributed by atoms with Crippen LogP contribution in [-0.2, 0) is 17.6 Å². The van der Waals surface area contributed by atoms with Crippen molar-refractivity contribution in [1.82, 2.24) is 10.2 Å². The van der Waals surface area contributed by atoms with E-state index in [1.165, 1.54) is 10.5 Å². The van der Waals surface area contributed by atoms with Crippen molar-refractivity contribution in [1.29, 1.82) is 0 Å². The third-order valence-electron chi connectivity index (χ3n) is 3.65. The second kappa shape index (κ2) is 8.72. The van der Waals surface area contributed by atoms with Crippen molar-refractivity contribution in [3.8, 4) is 0 Å². The molecule has 126 valence electrons. The van der Waals surface area contributed by atoms with Gasteiger partial charge in [0, 0.05) is 26.3 Å². The quantitative estimate of drug-likeness (QED) is 0.858. The lowest BCUT2D eigenvalue weighted by Gasteiger charge is -2.14. The zero-order valence-corrected chi connectivity index (χ0v) is 14.1. The Balaban J connectivity index is 1.88. The molecule has 0 aromatic heterocycles. The highest BCUT2D eigenvalue weighted by Crippen LogP contribution is 2.16. The van der Waals surface area contributed by atoms with Crippen molar-refractivity contribution >= 4 is 17.6 Å². The van der Waals surface area contributed by atoms with E-state index in [2.05, 4.69) is 10.6 Å². The maximum atomic E-state index is 12.1. The van der Waals surface area contributed by atoms with E-state index in [9.17, 15) is 9.59 Å². The molecule has 2 aromatic rings. The molecule has 24 heavy (non-hydrogen) atoms. The van der Waals surface area contributed by atoms with Crippen LogP contribution in [0.5, 0.6) is 0 Å². The summed E-state index contributed by atoms with van der Waals surface area (Å²) >= 11 is 0. The standard InChI is InChI=1S/C19H23N3O2/c1-22(2)18(23)14-16-10-6-7-11-17(16)21-19(24)20-13-12-15-8-4-3-5-9-15/h3-11H,12-14H2,1-2H3,(H2,20,21,24). The van der Waals surface area contributed by atoms with Gasteiger partial charge in [0.2, 0.25) is 5.91 Å². The molecule has 0 aliphatic carbocycles. The van der Waals surface area contributed by atoms with Crippen LogP contribution in [0.1, 0.15) is 11.1 Å². The molecular weight excluding hydrogens is 302 g/mol.